The molecular formula is C15H24N4O. The van der Waals surface area contributed by atoms with Crippen molar-refractivity contribution in [2.75, 3.05) is 37.0 Å². The molecule has 1 atom stereocenters. The Balaban J connectivity index is 1.95. The Morgan fingerprint density at radius 1 is 1.30 bits per heavy atom. The van der Waals surface area contributed by atoms with Crippen LogP contribution in [0.1, 0.15) is 43.5 Å². The summed E-state index contributed by atoms with van der Waals surface area (Å²) < 4.78 is 5.74. The second-order valence-electron chi connectivity index (χ2n) is 5.88. The van der Waals surface area contributed by atoms with Gasteiger partial charge in [-0.2, -0.15) is 0 Å². The van der Waals surface area contributed by atoms with Gasteiger partial charge in [0.1, 0.15) is 17.5 Å². The molecule has 1 saturated carbocycles. The average molecular weight is 276 g/mol. The van der Waals surface area contributed by atoms with E-state index in [4.69, 9.17) is 9.72 Å². The van der Waals surface area contributed by atoms with Crippen LogP contribution in [-0.2, 0) is 4.74 Å². The molecule has 20 heavy (non-hydrogen) atoms. The first-order valence-corrected chi connectivity index (χ1v) is 7.62. The number of nitrogens with zero attached hydrogens (tertiary/aromatic N) is 3. The van der Waals surface area contributed by atoms with E-state index >= 15 is 0 Å². The van der Waals surface area contributed by atoms with Gasteiger partial charge < -0.3 is 15.0 Å². The fourth-order valence-electron chi connectivity index (χ4n) is 2.78. The lowest BCUT2D eigenvalue weighted by Crippen LogP contribution is -2.32. The van der Waals surface area contributed by atoms with Crippen LogP contribution in [0.5, 0.6) is 0 Å². The molecule has 1 aliphatic carbocycles. The van der Waals surface area contributed by atoms with Gasteiger partial charge in [-0.15, -0.1) is 0 Å². The maximum Gasteiger partial charge on any atom is 0.137 e. The van der Waals surface area contributed by atoms with Gasteiger partial charge in [0.15, 0.2) is 0 Å². The van der Waals surface area contributed by atoms with E-state index in [0.717, 1.165) is 49.1 Å². The van der Waals surface area contributed by atoms with E-state index in [1.54, 1.807) is 0 Å². The summed E-state index contributed by atoms with van der Waals surface area (Å²) in [6.45, 7) is 7.00. The van der Waals surface area contributed by atoms with Crippen LogP contribution in [0, 0.1) is 6.92 Å². The van der Waals surface area contributed by atoms with Gasteiger partial charge in [0, 0.05) is 38.2 Å². The topological polar surface area (TPSA) is 50.3 Å². The summed E-state index contributed by atoms with van der Waals surface area (Å²) in [4.78, 5) is 11.9. The van der Waals surface area contributed by atoms with Gasteiger partial charge in [-0.05, 0) is 33.1 Å². The lowest BCUT2D eigenvalue weighted by molar-refractivity contribution is 0.0820. The van der Waals surface area contributed by atoms with Gasteiger partial charge in [-0.3, -0.25) is 0 Å². The molecule has 0 spiro atoms. The predicted molar refractivity (Wildman–Crippen MR) is 80.5 cm³/mol. The normalized spacial score (nSPS) is 23.6. The monoisotopic (exact) mass is 276 g/mol. The van der Waals surface area contributed by atoms with Crippen molar-refractivity contribution in [3.8, 4) is 0 Å². The second kappa shape index (κ2) is 5.56. The zero-order chi connectivity index (χ0) is 14.1. The van der Waals surface area contributed by atoms with E-state index in [-0.39, 0.29) is 6.10 Å². The van der Waals surface area contributed by atoms with Crippen molar-refractivity contribution in [2.45, 2.75) is 45.1 Å². The van der Waals surface area contributed by atoms with Crippen LogP contribution in [0.2, 0.25) is 0 Å². The zero-order valence-corrected chi connectivity index (χ0v) is 12.6. The average Bonchev–Trinajstić information content (AvgIpc) is 3.26. The van der Waals surface area contributed by atoms with Crippen LogP contribution < -0.4 is 10.2 Å². The third-order valence-corrected chi connectivity index (χ3v) is 4.07. The molecule has 0 radical (unpaired) electrons. The van der Waals surface area contributed by atoms with E-state index < -0.39 is 0 Å². The fourth-order valence-corrected chi connectivity index (χ4v) is 2.78. The number of hydrogen-bond donors (Lipinski definition) is 1. The van der Waals surface area contributed by atoms with Crippen molar-refractivity contribution in [3.63, 3.8) is 0 Å². The van der Waals surface area contributed by atoms with Gasteiger partial charge >= 0.3 is 0 Å². The molecule has 2 aliphatic rings. The minimum absolute atomic E-state index is 0.259. The summed E-state index contributed by atoms with van der Waals surface area (Å²) in [6, 6.07) is 0. The Kier molecular flexibility index (Phi) is 3.78. The van der Waals surface area contributed by atoms with Crippen LogP contribution >= 0.6 is 0 Å². The van der Waals surface area contributed by atoms with Crippen molar-refractivity contribution >= 4 is 11.6 Å². The molecule has 1 unspecified atom stereocenters. The lowest BCUT2D eigenvalue weighted by atomic mass is 10.2. The fraction of sp³-hybridized carbons (Fsp3) is 0.733. The Hall–Kier alpha value is -1.36. The van der Waals surface area contributed by atoms with Crippen molar-refractivity contribution < 1.29 is 4.74 Å². The molecule has 0 amide bonds. The molecule has 1 aromatic rings. The number of rotatable bonds is 3. The second-order valence-corrected chi connectivity index (χ2v) is 5.88. The first-order chi connectivity index (χ1) is 9.69. The summed E-state index contributed by atoms with van der Waals surface area (Å²) >= 11 is 0. The van der Waals surface area contributed by atoms with Crippen LogP contribution in [0.25, 0.3) is 0 Å². The minimum atomic E-state index is 0.259. The Morgan fingerprint density at radius 3 is 2.80 bits per heavy atom. The summed E-state index contributed by atoms with van der Waals surface area (Å²) in [5.74, 6) is 3.63. The van der Waals surface area contributed by atoms with Crippen molar-refractivity contribution in [1.29, 1.82) is 0 Å². The molecule has 2 heterocycles. The molecule has 3 rings (SSSR count). The van der Waals surface area contributed by atoms with Gasteiger partial charge in [-0.25, -0.2) is 9.97 Å². The van der Waals surface area contributed by atoms with Crippen LogP contribution in [-0.4, -0.2) is 42.8 Å². The first kappa shape index (κ1) is 13.6. The molecule has 1 N–H and O–H groups in total. The van der Waals surface area contributed by atoms with E-state index in [1.165, 1.54) is 12.8 Å². The van der Waals surface area contributed by atoms with Gasteiger partial charge in [0.25, 0.3) is 0 Å². The van der Waals surface area contributed by atoms with Crippen molar-refractivity contribution in [3.05, 3.63) is 11.4 Å². The van der Waals surface area contributed by atoms with Crippen molar-refractivity contribution in [1.82, 2.24) is 9.97 Å². The third-order valence-electron chi connectivity index (χ3n) is 4.07. The van der Waals surface area contributed by atoms with Gasteiger partial charge in [0.05, 0.1) is 6.10 Å². The maximum absolute atomic E-state index is 5.74. The standard InChI is InChI=1S/C15H24N4O/c1-10-9-19(7-4-8-20-10)15-11(2)13(16-3)17-14(18-15)12-5-6-12/h10,12H,4-9H2,1-3H3,(H,16,17,18). The number of anilines is 2. The molecule has 110 valence electrons. The van der Waals surface area contributed by atoms with E-state index in [1.807, 2.05) is 7.05 Å². The molecule has 0 aromatic carbocycles. The van der Waals surface area contributed by atoms with Crippen LogP contribution in [0.15, 0.2) is 0 Å². The molecule has 2 fully saturated rings. The van der Waals surface area contributed by atoms with Crippen LogP contribution in [0.4, 0.5) is 11.6 Å². The van der Waals surface area contributed by atoms with Crippen molar-refractivity contribution in [2.24, 2.45) is 0 Å². The van der Waals surface area contributed by atoms with E-state index in [9.17, 15) is 0 Å². The number of nitrogens with one attached hydrogen (secondary N) is 1. The lowest BCUT2D eigenvalue weighted by Gasteiger charge is -2.26. The molecule has 5 nitrogen and oxygen atoms in total. The smallest absolute Gasteiger partial charge is 0.137 e. The zero-order valence-electron chi connectivity index (χ0n) is 12.6. The Labute approximate surface area is 120 Å². The number of hydrogen-bond acceptors (Lipinski definition) is 5. The minimum Gasteiger partial charge on any atom is -0.377 e. The summed E-state index contributed by atoms with van der Waals surface area (Å²) in [6.07, 6.45) is 3.77. The molecular weight excluding hydrogens is 252 g/mol. The molecule has 0 bridgehead atoms. The predicted octanol–water partition coefficient (Wildman–Crippen LogP) is 2.32. The van der Waals surface area contributed by atoms with Crippen LogP contribution in [0.3, 0.4) is 0 Å². The SMILES string of the molecule is CNc1nc(C2CC2)nc(N2CCCOC(C)C2)c1C. The van der Waals surface area contributed by atoms with Gasteiger partial charge in [-0.1, -0.05) is 0 Å². The van der Waals surface area contributed by atoms with E-state index in [2.05, 4.69) is 29.0 Å². The number of aromatic nitrogens is 2. The van der Waals surface area contributed by atoms with Gasteiger partial charge in [0.2, 0.25) is 0 Å². The number of ether oxygens (including phenoxy) is 1. The molecule has 1 saturated heterocycles. The molecule has 1 aromatic heterocycles. The highest BCUT2D eigenvalue weighted by molar-refractivity contribution is 5.59. The third kappa shape index (κ3) is 2.73. The Bertz CT molecular complexity index is 487. The summed E-state index contributed by atoms with van der Waals surface area (Å²) in [7, 11) is 1.93. The Morgan fingerprint density at radius 2 is 2.10 bits per heavy atom. The van der Waals surface area contributed by atoms with E-state index in [0.29, 0.717) is 5.92 Å². The highest BCUT2D eigenvalue weighted by atomic mass is 16.5. The highest BCUT2D eigenvalue weighted by Crippen LogP contribution is 2.40. The first-order valence-electron chi connectivity index (χ1n) is 7.62. The quantitative estimate of drug-likeness (QED) is 0.918. The summed E-state index contributed by atoms with van der Waals surface area (Å²) in [5, 5.41) is 3.22. The highest BCUT2D eigenvalue weighted by Gasteiger charge is 2.29. The maximum atomic E-state index is 5.74. The summed E-state index contributed by atoms with van der Waals surface area (Å²) in [5.41, 5.74) is 1.14. The largest absolute Gasteiger partial charge is 0.377 e. The molecule has 1 aliphatic heterocycles. The molecule has 5 heteroatoms.